The van der Waals surface area contributed by atoms with Gasteiger partial charge in [-0.05, 0) is 43.7 Å². The Labute approximate surface area is 214 Å². The van der Waals surface area contributed by atoms with Crippen molar-refractivity contribution in [2.75, 3.05) is 11.5 Å². The highest BCUT2D eigenvalue weighted by molar-refractivity contribution is 6.32. The Bertz CT molecular complexity index is 1440. The maximum Gasteiger partial charge on any atom is 0.180 e. The third kappa shape index (κ3) is 2.86. The summed E-state index contributed by atoms with van der Waals surface area (Å²) < 4.78 is 5.98. The van der Waals surface area contributed by atoms with E-state index in [0.29, 0.717) is 34.1 Å². The summed E-state index contributed by atoms with van der Waals surface area (Å²) in [5.41, 5.74) is 1.60. The molecule has 1 saturated heterocycles. The normalized spacial score (nSPS) is 23.0. The fourth-order valence-electron chi connectivity index (χ4n) is 6.47. The van der Waals surface area contributed by atoms with Gasteiger partial charge in [-0.3, -0.25) is 14.4 Å². The van der Waals surface area contributed by atoms with Crippen LogP contribution in [0.2, 0.25) is 5.02 Å². The van der Waals surface area contributed by atoms with Crippen LogP contribution in [0.4, 0.5) is 5.69 Å². The molecular formula is C30H24ClNO4. The lowest BCUT2D eigenvalue weighted by Gasteiger charge is -2.37. The Hall–Kier alpha value is -3.70. The molecule has 6 rings (SSSR count). The van der Waals surface area contributed by atoms with Gasteiger partial charge in [0.25, 0.3) is 0 Å². The molecule has 2 aliphatic heterocycles. The summed E-state index contributed by atoms with van der Waals surface area (Å²) in [5.74, 6) is -0.796. The van der Waals surface area contributed by atoms with E-state index in [1.54, 1.807) is 30.3 Å². The van der Waals surface area contributed by atoms with Crippen molar-refractivity contribution in [2.45, 2.75) is 31.8 Å². The molecule has 3 aromatic carbocycles. The van der Waals surface area contributed by atoms with Crippen LogP contribution in [-0.2, 0) is 4.79 Å². The van der Waals surface area contributed by atoms with E-state index in [1.165, 1.54) is 6.92 Å². The van der Waals surface area contributed by atoms with Gasteiger partial charge >= 0.3 is 0 Å². The second-order valence-electron chi connectivity index (χ2n) is 9.49. The van der Waals surface area contributed by atoms with Crippen LogP contribution in [0.25, 0.3) is 6.08 Å². The van der Waals surface area contributed by atoms with E-state index in [9.17, 15) is 14.4 Å². The molecule has 36 heavy (non-hydrogen) atoms. The van der Waals surface area contributed by atoms with E-state index in [1.807, 2.05) is 60.4 Å². The number of hydrogen-bond donors (Lipinski definition) is 0. The summed E-state index contributed by atoms with van der Waals surface area (Å²) in [5, 5.41) is 0.573. The number of ketones is 3. The molecule has 0 bridgehead atoms. The predicted octanol–water partition coefficient (Wildman–Crippen LogP) is 5.76. The lowest BCUT2D eigenvalue weighted by Crippen LogP contribution is -2.48. The number of carbonyl (C=O) groups excluding carboxylic acids is 3. The molecule has 0 aromatic heterocycles. The van der Waals surface area contributed by atoms with Crippen LogP contribution in [0.15, 0.2) is 72.8 Å². The number of nitrogens with zero attached hydrogens (tertiary/aromatic N) is 1. The van der Waals surface area contributed by atoms with Crippen molar-refractivity contribution >= 4 is 40.7 Å². The van der Waals surface area contributed by atoms with Crippen LogP contribution >= 0.6 is 11.6 Å². The highest BCUT2D eigenvalue weighted by Crippen LogP contribution is 2.61. The summed E-state index contributed by atoms with van der Waals surface area (Å²) >= 11 is 6.28. The Morgan fingerprint density at radius 1 is 1.00 bits per heavy atom. The van der Waals surface area contributed by atoms with E-state index in [4.69, 9.17) is 16.3 Å². The molecule has 2 heterocycles. The highest BCUT2D eigenvalue weighted by atomic mass is 35.5. The SMILES string of the molecule is CCOc1ccccc1[C@H]1[C@H](C(C)=O)N2c3ccc(Cl)cc3C=C[C@@H]2C12C(=O)c1ccccc1C2=O. The number of hydrogen-bond acceptors (Lipinski definition) is 5. The number of Topliss-reactive ketones (excluding diaryl/α,β-unsaturated/α-hetero) is 3. The first-order chi connectivity index (χ1) is 17.4. The number of benzene rings is 3. The van der Waals surface area contributed by atoms with Gasteiger partial charge in [0.15, 0.2) is 17.3 Å². The van der Waals surface area contributed by atoms with Crippen molar-refractivity contribution < 1.29 is 19.1 Å². The Balaban J connectivity index is 1.69. The van der Waals surface area contributed by atoms with Gasteiger partial charge in [0.2, 0.25) is 0 Å². The lowest BCUT2D eigenvalue weighted by atomic mass is 9.64. The first kappa shape index (κ1) is 22.7. The molecule has 3 atom stereocenters. The maximum absolute atomic E-state index is 14.4. The average molecular weight is 498 g/mol. The second kappa shape index (κ2) is 8.17. The van der Waals surface area contributed by atoms with Gasteiger partial charge in [-0.25, -0.2) is 0 Å². The molecule has 6 heteroatoms. The van der Waals surface area contributed by atoms with Crippen molar-refractivity contribution in [3.8, 4) is 5.75 Å². The lowest BCUT2D eigenvalue weighted by molar-refractivity contribution is -0.118. The summed E-state index contributed by atoms with van der Waals surface area (Å²) in [6.07, 6.45) is 3.79. The average Bonchev–Trinajstić information content (AvgIpc) is 3.31. The molecular weight excluding hydrogens is 474 g/mol. The zero-order valence-corrected chi connectivity index (χ0v) is 20.7. The van der Waals surface area contributed by atoms with Crippen LogP contribution < -0.4 is 9.64 Å². The molecule has 0 N–H and O–H groups in total. The number of para-hydroxylation sites is 1. The monoisotopic (exact) mass is 497 g/mol. The maximum atomic E-state index is 14.4. The van der Waals surface area contributed by atoms with E-state index >= 15 is 0 Å². The molecule has 3 aromatic rings. The van der Waals surface area contributed by atoms with Gasteiger partial charge in [0.05, 0.1) is 18.7 Å². The number of carbonyl (C=O) groups is 3. The van der Waals surface area contributed by atoms with E-state index in [-0.39, 0.29) is 17.3 Å². The predicted molar refractivity (Wildman–Crippen MR) is 139 cm³/mol. The van der Waals surface area contributed by atoms with Crippen LogP contribution in [-0.4, -0.2) is 36.0 Å². The molecule has 1 spiro atoms. The van der Waals surface area contributed by atoms with E-state index < -0.39 is 23.4 Å². The third-order valence-corrected chi connectivity index (χ3v) is 7.97. The molecule has 1 fully saturated rings. The van der Waals surface area contributed by atoms with E-state index in [0.717, 1.165) is 11.3 Å². The van der Waals surface area contributed by atoms with Crippen molar-refractivity contribution in [2.24, 2.45) is 5.41 Å². The van der Waals surface area contributed by atoms with Gasteiger partial charge in [-0.2, -0.15) is 0 Å². The molecule has 0 saturated carbocycles. The van der Waals surface area contributed by atoms with Gasteiger partial charge < -0.3 is 9.64 Å². The largest absolute Gasteiger partial charge is 0.494 e. The van der Waals surface area contributed by atoms with Crippen molar-refractivity contribution in [3.05, 3.63) is 100 Å². The van der Waals surface area contributed by atoms with Crippen LogP contribution in [0.3, 0.4) is 0 Å². The van der Waals surface area contributed by atoms with Gasteiger partial charge in [0, 0.05) is 33.3 Å². The minimum absolute atomic E-state index is 0.124. The molecule has 1 aliphatic carbocycles. The number of rotatable bonds is 4. The number of halogens is 1. The topological polar surface area (TPSA) is 63.7 Å². The van der Waals surface area contributed by atoms with Crippen LogP contribution in [0, 0.1) is 5.41 Å². The fourth-order valence-corrected chi connectivity index (χ4v) is 6.65. The number of ether oxygens (including phenoxy) is 1. The molecule has 0 unspecified atom stereocenters. The summed E-state index contributed by atoms with van der Waals surface area (Å²) in [4.78, 5) is 44.3. The molecule has 0 radical (unpaired) electrons. The van der Waals surface area contributed by atoms with Crippen molar-refractivity contribution in [1.82, 2.24) is 0 Å². The Morgan fingerprint density at radius 3 is 2.33 bits per heavy atom. The highest BCUT2D eigenvalue weighted by Gasteiger charge is 2.71. The van der Waals surface area contributed by atoms with Crippen molar-refractivity contribution in [3.63, 3.8) is 0 Å². The Kier molecular flexibility index (Phi) is 5.16. The third-order valence-electron chi connectivity index (χ3n) is 7.74. The van der Waals surface area contributed by atoms with Crippen LogP contribution in [0.1, 0.15) is 51.6 Å². The smallest absolute Gasteiger partial charge is 0.180 e. The summed E-state index contributed by atoms with van der Waals surface area (Å²) in [6, 6.07) is 18.5. The Morgan fingerprint density at radius 2 is 1.67 bits per heavy atom. The number of anilines is 1. The molecule has 5 nitrogen and oxygen atoms in total. The summed E-state index contributed by atoms with van der Waals surface area (Å²) in [7, 11) is 0. The zero-order chi connectivity index (χ0) is 25.2. The van der Waals surface area contributed by atoms with Crippen LogP contribution in [0.5, 0.6) is 5.75 Å². The minimum Gasteiger partial charge on any atom is -0.494 e. The molecule has 0 amide bonds. The fraction of sp³-hybridized carbons (Fsp3) is 0.233. The zero-order valence-electron chi connectivity index (χ0n) is 19.9. The first-order valence-electron chi connectivity index (χ1n) is 12.1. The van der Waals surface area contributed by atoms with Gasteiger partial charge in [-0.15, -0.1) is 0 Å². The summed E-state index contributed by atoms with van der Waals surface area (Å²) in [6.45, 7) is 3.83. The minimum atomic E-state index is -1.51. The quantitative estimate of drug-likeness (QED) is 0.429. The molecule has 180 valence electrons. The molecule has 3 aliphatic rings. The second-order valence-corrected chi connectivity index (χ2v) is 9.93. The first-order valence-corrected chi connectivity index (χ1v) is 12.5. The van der Waals surface area contributed by atoms with E-state index in [2.05, 4.69) is 0 Å². The number of fused-ring (bicyclic) bond motifs is 5. The van der Waals surface area contributed by atoms with Gasteiger partial charge in [-0.1, -0.05) is 66.2 Å². The van der Waals surface area contributed by atoms with Crippen molar-refractivity contribution in [1.29, 1.82) is 0 Å². The standard InChI is InChI=1S/C30H24ClNO4/c1-3-36-24-11-7-6-10-22(24)26-27(17(2)33)32-23-14-13-19(31)16-18(23)12-15-25(32)30(26)28(34)20-8-4-5-9-21(20)29(30)35/h4-16,25-27H,3H2,1-2H3/t25-,26+,27+/m1/s1. The van der Waals surface area contributed by atoms with Gasteiger partial charge in [0.1, 0.15) is 11.2 Å².